The lowest BCUT2D eigenvalue weighted by molar-refractivity contribution is -0.124. The predicted octanol–water partition coefficient (Wildman–Crippen LogP) is 3.53. The van der Waals surface area contributed by atoms with Gasteiger partial charge in [0.2, 0.25) is 5.91 Å². The Labute approximate surface area is 184 Å². The molecule has 1 atom stereocenters. The summed E-state index contributed by atoms with van der Waals surface area (Å²) in [6, 6.07) is 16.0. The van der Waals surface area contributed by atoms with E-state index in [0.29, 0.717) is 18.7 Å². The van der Waals surface area contributed by atoms with Crippen molar-refractivity contribution < 1.29 is 9.59 Å². The van der Waals surface area contributed by atoms with Gasteiger partial charge < -0.3 is 16.0 Å². The molecule has 1 aliphatic carbocycles. The maximum atomic E-state index is 12.5. The SMILES string of the molecule is Cl.O=C(NCC1NCCc2ccccc21)c1ccc(CNC(=O)C2CCCC2)cc1. The summed E-state index contributed by atoms with van der Waals surface area (Å²) >= 11 is 0. The molecule has 4 rings (SSSR count). The van der Waals surface area contributed by atoms with E-state index in [9.17, 15) is 9.59 Å². The standard InChI is InChI=1S/C24H29N3O2.ClH/c28-23(19-6-1-2-7-19)26-15-17-9-11-20(12-10-17)24(29)27-16-22-21-8-4-3-5-18(21)13-14-25-22;/h3-5,8-12,19,22,25H,1-2,6-7,13-16H2,(H,26,28)(H,27,29);1H. The van der Waals surface area contributed by atoms with E-state index in [0.717, 1.165) is 44.2 Å². The highest BCUT2D eigenvalue weighted by Gasteiger charge is 2.22. The molecule has 2 aliphatic rings. The molecule has 0 aromatic heterocycles. The van der Waals surface area contributed by atoms with Gasteiger partial charge in [0.15, 0.2) is 0 Å². The molecule has 6 heteroatoms. The molecule has 0 radical (unpaired) electrons. The Balaban J connectivity index is 0.00000256. The summed E-state index contributed by atoms with van der Waals surface area (Å²) in [7, 11) is 0. The number of carbonyl (C=O) groups is 2. The van der Waals surface area contributed by atoms with Gasteiger partial charge in [0, 0.05) is 30.6 Å². The Morgan fingerprint density at radius 3 is 2.47 bits per heavy atom. The van der Waals surface area contributed by atoms with Gasteiger partial charge >= 0.3 is 0 Å². The van der Waals surface area contributed by atoms with Crippen molar-refractivity contribution in [1.29, 1.82) is 0 Å². The molecule has 1 heterocycles. The van der Waals surface area contributed by atoms with Crippen molar-refractivity contribution in [3.63, 3.8) is 0 Å². The van der Waals surface area contributed by atoms with Crippen molar-refractivity contribution in [2.24, 2.45) is 5.92 Å². The highest BCUT2D eigenvalue weighted by atomic mass is 35.5. The molecule has 1 unspecified atom stereocenters. The molecule has 0 saturated heterocycles. The van der Waals surface area contributed by atoms with Crippen LogP contribution in [0.4, 0.5) is 0 Å². The monoisotopic (exact) mass is 427 g/mol. The van der Waals surface area contributed by atoms with Gasteiger partial charge in [-0.15, -0.1) is 12.4 Å². The number of nitrogens with one attached hydrogen (secondary N) is 3. The first-order chi connectivity index (χ1) is 14.2. The van der Waals surface area contributed by atoms with Gasteiger partial charge in [-0.05, 0) is 54.6 Å². The number of halogens is 1. The number of hydrogen-bond donors (Lipinski definition) is 3. The van der Waals surface area contributed by atoms with Crippen LogP contribution >= 0.6 is 12.4 Å². The molecule has 2 aromatic rings. The van der Waals surface area contributed by atoms with Crippen LogP contribution in [0.3, 0.4) is 0 Å². The third kappa shape index (κ3) is 5.41. The van der Waals surface area contributed by atoms with Crippen molar-refractivity contribution in [3.8, 4) is 0 Å². The Kier molecular flexibility index (Phi) is 7.88. The van der Waals surface area contributed by atoms with Crippen molar-refractivity contribution >= 4 is 24.2 Å². The van der Waals surface area contributed by atoms with Gasteiger partial charge in [0.05, 0.1) is 0 Å². The topological polar surface area (TPSA) is 70.2 Å². The molecular weight excluding hydrogens is 398 g/mol. The molecule has 1 aliphatic heterocycles. The van der Waals surface area contributed by atoms with Crippen molar-refractivity contribution in [2.45, 2.75) is 44.7 Å². The van der Waals surface area contributed by atoms with Crippen LogP contribution in [0.2, 0.25) is 0 Å². The lowest BCUT2D eigenvalue weighted by Crippen LogP contribution is -2.38. The van der Waals surface area contributed by atoms with Gasteiger partial charge in [0.25, 0.3) is 5.91 Å². The van der Waals surface area contributed by atoms with Gasteiger partial charge in [-0.1, -0.05) is 49.2 Å². The zero-order valence-electron chi connectivity index (χ0n) is 17.2. The lowest BCUT2D eigenvalue weighted by atomic mass is 9.94. The van der Waals surface area contributed by atoms with E-state index < -0.39 is 0 Å². The van der Waals surface area contributed by atoms with E-state index in [1.807, 2.05) is 30.3 Å². The van der Waals surface area contributed by atoms with E-state index in [4.69, 9.17) is 0 Å². The third-order valence-corrected chi connectivity index (χ3v) is 6.09. The second-order valence-corrected chi connectivity index (χ2v) is 8.06. The molecule has 5 nitrogen and oxygen atoms in total. The largest absolute Gasteiger partial charge is 0.352 e. The highest BCUT2D eigenvalue weighted by Crippen LogP contribution is 2.25. The normalized spacial score (nSPS) is 18.2. The molecule has 3 N–H and O–H groups in total. The van der Waals surface area contributed by atoms with E-state index in [2.05, 4.69) is 34.1 Å². The first-order valence-corrected chi connectivity index (χ1v) is 10.7. The molecule has 2 amide bonds. The van der Waals surface area contributed by atoms with Crippen molar-refractivity contribution in [3.05, 3.63) is 70.8 Å². The van der Waals surface area contributed by atoms with Crippen LogP contribution in [-0.4, -0.2) is 24.9 Å². The summed E-state index contributed by atoms with van der Waals surface area (Å²) < 4.78 is 0. The molecule has 30 heavy (non-hydrogen) atoms. The number of carbonyl (C=O) groups excluding carboxylic acids is 2. The average Bonchev–Trinajstić information content (AvgIpc) is 3.31. The molecule has 0 spiro atoms. The smallest absolute Gasteiger partial charge is 0.251 e. The molecule has 0 bridgehead atoms. The maximum absolute atomic E-state index is 12.5. The summed E-state index contributed by atoms with van der Waals surface area (Å²) in [5, 5.41) is 9.55. The van der Waals surface area contributed by atoms with Crippen molar-refractivity contribution in [2.75, 3.05) is 13.1 Å². The predicted molar refractivity (Wildman–Crippen MR) is 121 cm³/mol. The van der Waals surface area contributed by atoms with Gasteiger partial charge in [-0.3, -0.25) is 9.59 Å². The minimum atomic E-state index is -0.0728. The van der Waals surface area contributed by atoms with E-state index >= 15 is 0 Å². The highest BCUT2D eigenvalue weighted by molar-refractivity contribution is 5.94. The Bertz CT molecular complexity index is 863. The summed E-state index contributed by atoms with van der Waals surface area (Å²) in [4.78, 5) is 24.7. The summed E-state index contributed by atoms with van der Waals surface area (Å²) in [6.45, 7) is 2.01. The third-order valence-electron chi connectivity index (χ3n) is 6.09. The first-order valence-electron chi connectivity index (χ1n) is 10.7. The minimum Gasteiger partial charge on any atom is -0.352 e. The molecule has 1 fully saturated rings. The summed E-state index contributed by atoms with van der Waals surface area (Å²) in [6.07, 6.45) is 5.35. The second kappa shape index (κ2) is 10.6. The van der Waals surface area contributed by atoms with Gasteiger partial charge in [-0.2, -0.15) is 0 Å². The summed E-state index contributed by atoms with van der Waals surface area (Å²) in [5.41, 5.74) is 4.28. The number of amides is 2. The lowest BCUT2D eigenvalue weighted by Gasteiger charge is -2.27. The second-order valence-electron chi connectivity index (χ2n) is 8.06. The zero-order valence-corrected chi connectivity index (χ0v) is 18.0. The fraction of sp³-hybridized carbons (Fsp3) is 0.417. The fourth-order valence-corrected chi connectivity index (χ4v) is 4.37. The zero-order chi connectivity index (χ0) is 20.1. The Hall–Kier alpha value is -2.37. The fourth-order valence-electron chi connectivity index (χ4n) is 4.37. The number of benzene rings is 2. The molecule has 1 saturated carbocycles. The van der Waals surface area contributed by atoms with Crippen LogP contribution in [0.5, 0.6) is 0 Å². The average molecular weight is 428 g/mol. The maximum Gasteiger partial charge on any atom is 0.251 e. The summed E-state index contributed by atoms with van der Waals surface area (Å²) in [5.74, 6) is 0.263. The van der Waals surface area contributed by atoms with Crippen LogP contribution in [0.15, 0.2) is 48.5 Å². The molecular formula is C24H30ClN3O2. The number of fused-ring (bicyclic) bond motifs is 1. The van der Waals surface area contributed by atoms with Crippen LogP contribution in [-0.2, 0) is 17.8 Å². The Morgan fingerprint density at radius 2 is 1.70 bits per heavy atom. The molecule has 2 aromatic carbocycles. The van der Waals surface area contributed by atoms with Gasteiger partial charge in [0.1, 0.15) is 0 Å². The molecule has 160 valence electrons. The van der Waals surface area contributed by atoms with Crippen LogP contribution in [0, 0.1) is 5.92 Å². The quantitative estimate of drug-likeness (QED) is 0.660. The van der Waals surface area contributed by atoms with Crippen LogP contribution < -0.4 is 16.0 Å². The van der Waals surface area contributed by atoms with Crippen molar-refractivity contribution in [1.82, 2.24) is 16.0 Å². The number of rotatable bonds is 6. The van der Waals surface area contributed by atoms with Gasteiger partial charge in [-0.25, -0.2) is 0 Å². The first kappa shape index (κ1) is 22.3. The van der Waals surface area contributed by atoms with Crippen LogP contribution in [0.25, 0.3) is 0 Å². The number of hydrogen-bond acceptors (Lipinski definition) is 3. The minimum absolute atomic E-state index is 0. The van der Waals surface area contributed by atoms with E-state index in [1.165, 1.54) is 11.1 Å². The Morgan fingerprint density at radius 1 is 0.967 bits per heavy atom. The van der Waals surface area contributed by atoms with E-state index in [-0.39, 0.29) is 36.2 Å². The van der Waals surface area contributed by atoms with Crippen LogP contribution in [0.1, 0.15) is 58.8 Å². The van der Waals surface area contributed by atoms with E-state index in [1.54, 1.807) is 0 Å².